The summed E-state index contributed by atoms with van der Waals surface area (Å²) in [6, 6.07) is 5.48. The lowest BCUT2D eigenvalue weighted by Gasteiger charge is -2.03. The highest BCUT2D eigenvalue weighted by Crippen LogP contribution is 2.21. The van der Waals surface area contributed by atoms with Crippen LogP contribution in [0.4, 0.5) is 0 Å². The zero-order valence-electron chi connectivity index (χ0n) is 7.40. The molecule has 0 atom stereocenters. The van der Waals surface area contributed by atoms with Gasteiger partial charge in [0.25, 0.3) is 0 Å². The number of hydrogen-bond donors (Lipinski definition) is 0. The summed E-state index contributed by atoms with van der Waals surface area (Å²) in [5.74, 6) is 0.846. The number of hydrogen-bond acceptors (Lipinski definition) is 1. The maximum Gasteiger partial charge on any atom is 0.165 e. The predicted octanol–water partition coefficient (Wildman–Crippen LogP) is 4.00. The smallest absolute Gasteiger partial charge is 0.165 e. The highest BCUT2D eigenvalue weighted by atomic mass is 79.9. The van der Waals surface area contributed by atoms with E-state index >= 15 is 0 Å². The van der Waals surface area contributed by atoms with E-state index in [1.807, 2.05) is 12.1 Å². The quantitative estimate of drug-likeness (QED) is 0.606. The monoisotopic (exact) mass is 294 g/mol. The van der Waals surface area contributed by atoms with Crippen molar-refractivity contribution in [3.05, 3.63) is 33.8 Å². The Morgan fingerprint density at radius 2 is 2.07 bits per heavy atom. The molecule has 0 aliphatic rings. The number of benzene rings is 1. The molecule has 0 aliphatic heterocycles. The number of rotatable bonds is 4. The van der Waals surface area contributed by atoms with Crippen LogP contribution in [0.3, 0.4) is 0 Å². The summed E-state index contributed by atoms with van der Waals surface area (Å²) in [5, 5.41) is 0. The van der Waals surface area contributed by atoms with Crippen molar-refractivity contribution in [1.82, 2.24) is 0 Å². The van der Waals surface area contributed by atoms with Crippen LogP contribution >= 0.6 is 39.1 Å². The highest BCUT2D eigenvalue weighted by Gasteiger charge is 2.09. The van der Waals surface area contributed by atoms with Gasteiger partial charge in [0, 0.05) is 28.2 Å². The zero-order chi connectivity index (χ0) is 10.6. The average Bonchev–Trinajstić information content (AvgIpc) is 2.17. The van der Waals surface area contributed by atoms with Crippen molar-refractivity contribution in [2.45, 2.75) is 12.3 Å². The van der Waals surface area contributed by atoms with Crippen LogP contribution in [0.1, 0.15) is 22.3 Å². The van der Waals surface area contributed by atoms with E-state index in [1.165, 1.54) is 0 Å². The number of carbonyl (C=O) groups excluding carboxylic acids is 1. The fourth-order valence-corrected chi connectivity index (χ4v) is 2.07. The van der Waals surface area contributed by atoms with Gasteiger partial charge < -0.3 is 0 Å². The Bertz CT molecular complexity index is 339. The second-order valence-corrected chi connectivity index (χ2v) is 4.31. The lowest BCUT2D eigenvalue weighted by molar-refractivity contribution is 0.0988. The van der Waals surface area contributed by atoms with E-state index in [1.54, 1.807) is 6.07 Å². The number of halogens is 3. The molecule has 0 saturated heterocycles. The van der Waals surface area contributed by atoms with Gasteiger partial charge in [0.15, 0.2) is 5.78 Å². The van der Waals surface area contributed by atoms with E-state index in [0.717, 1.165) is 10.0 Å². The fourth-order valence-electron chi connectivity index (χ4n) is 1.09. The summed E-state index contributed by atoms with van der Waals surface area (Å²) in [5.41, 5.74) is 1.65. The molecular formula is C10H9BrCl2O. The largest absolute Gasteiger partial charge is 0.294 e. The molecule has 14 heavy (non-hydrogen) atoms. The van der Waals surface area contributed by atoms with E-state index in [9.17, 15) is 4.79 Å². The van der Waals surface area contributed by atoms with Crippen LogP contribution in [0.15, 0.2) is 22.7 Å². The van der Waals surface area contributed by atoms with Crippen LogP contribution in [0.5, 0.6) is 0 Å². The predicted molar refractivity (Wildman–Crippen MR) is 63.4 cm³/mol. The van der Waals surface area contributed by atoms with Gasteiger partial charge in [-0.2, -0.15) is 0 Å². The second kappa shape index (κ2) is 5.74. The second-order valence-electron chi connectivity index (χ2n) is 2.81. The minimum absolute atomic E-state index is 0.0491. The first-order valence-corrected chi connectivity index (χ1v) is 5.98. The van der Waals surface area contributed by atoms with Crippen LogP contribution in [-0.4, -0.2) is 11.7 Å². The van der Waals surface area contributed by atoms with Crippen LogP contribution in [-0.2, 0) is 5.88 Å². The minimum Gasteiger partial charge on any atom is -0.294 e. The maximum atomic E-state index is 11.5. The van der Waals surface area contributed by atoms with Gasteiger partial charge in [0.1, 0.15) is 0 Å². The third kappa shape index (κ3) is 2.97. The molecule has 1 aromatic carbocycles. The molecule has 0 N–H and O–H groups in total. The van der Waals surface area contributed by atoms with Gasteiger partial charge in [-0.3, -0.25) is 4.79 Å². The molecule has 4 heteroatoms. The number of alkyl halides is 2. The van der Waals surface area contributed by atoms with E-state index in [-0.39, 0.29) is 5.78 Å². The van der Waals surface area contributed by atoms with Crippen LogP contribution in [0.2, 0.25) is 0 Å². The molecule has 0 spiro atoms. The molecular weight excluding hydrogens is 287 g/mol. The van der Waals surface area contributed by atoms with Gasteiger partial charge in [0.2, 0.25) is 0 Å². The Hall–Kier alpha value is -0.0500. The summed E-state index contributed by atoms with van der Waals surface area (Å²) in [6.07, 6.45) is 0.361. The molecule has 1 rings (SSSR count). The summed E-state index contributed by atoms with van der Waals surface area (Å²) < 4.78 is 0.783. The average molecular weight is 296 g/mol. The van der Waals surface area contributed by atoms with Crippen molar-refractivity contribution in [1.29, 1.82) is 0 Å². The maximum absolute atomic E-state index is 11.5. The Kier molecular flexibility index (Phi) is 4.93. The van der Waals surface area contributed by atoms with Crippen molar-refractivity contribution in [3.63, 3.8) is 0 Å². The van der Waals surface area contributed by atoms with E-state index in [4.69, 9.17) is 23.2 Å². The van der Waals surface area contributed by atoms with Crippen molar-refractivity contribution < 1.29 is 4.79 Å². The Balaban J connectivity index is 2.94. The van der Waals surface area contributed by atoms with Crippen molar-refractivity contribution in [2.24, 2.45) is 0 Å². The minimum atomic E-state index is 0.0491. The Morgan fingerprint density at radius 1 is 1.36 bits per heavy atom. The van der Waals surface area contributed by atoms with Gasteiger partial charge in [-0.1, -0.05) is 22.0 Å². The first kappa shape index (κ1) is 12.0. The normalized spacial score (nSPS) is 10.2. The Morgan fingerprint density at radius 3 is 2.57 bits per heavy atom. The van der Waals surface area contributed by atoms with Crippen LogP contribution in [0.25, 0.3) is 0 Å². The van der Waals surface area contributed by atoms with Gasteiger partial charge in [0.05, 0.1) is 0 Å². The lowest BCUT2D eigenvalue weighted by atomic mass is 10.1. The first-order valence-electron chi connectivity index (χ1n) is 4.12. The highest BCUT2D eigenvalue weighted by molar-refractivity contribution is 9.10. The molecule has 0 radical (unpaired) electrons. The zero-order valence-corrected chi connectivity index (χ0v) is 10.5. The molecule has 76 valence electrons. The summed E-state index contributed by atoms with van der Waals surface area (Å²) in [6.45, 7) is 0. The molecule has 0 unspecified atom stereocenters. The molecule has 1 nitrogen and oxygen atoms in total. The number of Topliss-reactive ketones (excluding diaryl/α,β-unsaturated/α-hetero) is 1. The van der Waals surface area contributed by atoms with Crippen molar-refractivity contribution in [3.8, 4) is 0 Å². The SMILES string of the molecule is O=C(CCCl)c1ccc(CCl)cc1Br. The van der Waals surface area contributed by atoms with Crippen molar-refractivity contribution in [2.75, 3.05) is 5.88 Å². The molecule has 1 aromatic rings. The summed E-state index contributed by atoms with van der Waals surface area (Å²) in [4.78, 5) is 11.5. The molecule has 0 amide bonds. The van der Waals surface area contributed by atoms with E-state index in [0.29, 0.717) is 23.7 Å². The third-order valence-electron chi connectivity index (χ3n) is 1.81. The first-order chi connectivity index (χ1) is 6.69. The van der Waals surface area contributed by atoms with E-state index < -0.39 is 0 Å². The standard InChI is InChI=1S/C10H9BrCl2O/c11-9-5-7(6-13)1-2-8(9)10(14)3-4-12/h1-2,5H,3-4,6H2. The molecule has 0 heterocycles. The lowest BCUT2D eigenvalue weighted by Crippen LogP contribution is -2.01. The molecule has 0 fully saturated rings. The van der Waals surface area contributed by atoms with Crippen molar-refractivity contribution >= 4 is 44.9 Å². The van der Waals surface area contributed by atoms with Gasteiger partial charge in [-0.05, 0) is 17.7 Å². The topological polar surface area (TPSA) is 17.1 Å². The van der Waals surface area contributed by atoms with Gasteiger partial charge >= 0.3 is 0 Å². The fraction of sp³-hybridized carbons (Fsp3) is 0.300. The van der Waals surface area contributed by atoms with Gasteiger partial charge in [-0.15, -0.1) is 23.2 Å². The van der Waals surface area contributed by atoms with Gasteiger partial charge in [-0.25, -0.2) is 0 Å². The number of ketones is 1. The summed E-state index contributed by atoms with van der Waals surface area (Å²) in [7, 11) is 0. The van der Waals surface area contributed by atoms with E-state index in [2.05, 4.69) is 15.9 Å². The summed E-state index contributed by atoms with van der Waals surface area (Å²) >= 11 is 14.5. The number of carbonyl (C=O) groups is 1. The third-order valence-corrected chi connectivity index (χ3v) is 2.96. The molecule has 0 bridgehead atoms. The molecule has 0 saturated carbocycles. The van der Waals surface area contributed by atoms with Crippen LogP contribution < -0.4 is 0 Å². The Labute approximate surface area is 102 Å². The molecule has 0 aromatic heterocycles. The molecule has 0 aliphatic carbocycles. The van der Waals surface area contributed by atoms with Crippen LogP contribution in [0, 0.1) is 0 Å².